The topological polar surface area (TPSA) is 32.3 Å². The Balaban J connectivity index is 2.16. The highest BCUT2D eigenvalue weighted by molar-refractivity contribution is 14.1. The molecule has 1 amide bonds. The molecule has 0 saturated heterocycles. The molecular formula is C20H26ClIN2O. The predicted octanol–water partition coefficient (Wildman–Crippen LogP) is 4.59. The number of fused-ring (bicyclic) bond motifs is 1. The van der Waals surface area contributed by atoms with E-state index in [0.717, 1.165) is 47.2 Å². The normalized spacial score (nSPS) is 19.7. The third-order valence-electron chi connectivity index (χ3n) is 4.68. The van der Waals surface area contributed by atoms with Gasteiger partial charge in [-0.25, -0.2) is 0 Å². The molecule has 1 aliphatic carbocycles. The average Bonchev–Trinajstić information content (AvgIpc) is 2.60. The monoisotopic (exact) mass is 472 g/mol. The molecule has 0 saturated carbocycles. The minimum absolute atomic E-state index is 0.0307. The fourth-order valence-electron chi connectivity index (χ4n) is 3.00. The van der Waals surface area contributed by atoms with Gasteiger partial charge in [0.1, 0.15) is 0 Å². The molecule has 0 aromatic heterocycles. The molecular weight excluding hydrogens is 447 g/mol. The lowest BCUT2D eigenvalue weighted by Gasteiger charge is -2.19. The number of nitrogens with zero attached hydrogens (tertiary/aromatic N) is 1. The Labute approximate surface area is 169 Å². The van der Waals surface area contributed by atoms with E-state index in [2.05, 4.69) is 64.9 Å². The van der Waals surface area contributed by atoms with E-state index >= 15 is 0 Å². The number of halogens is 2. The Hall–Kier alpha value is -0.850. The number of hydrogen-bond acceptors (Lipinski definition) is 2. The van der Waals surface area contributed by atoms with Crippen LogP contribution in [0.3, 0.4) is 0 Å². The molecule has 1 aliphatic rings. The second-order valence-electron chi connectivity index (χ2n) is 6.27. The molecule has 1 aromatic rings. The van der Waals surface area contributed by atoms with Crippen LogP contribution in [0.4, 0.5) is 0 Å². The number of likely N-dealkylation sites (N-methyl/N-ethyl adjacent to an activating group) is 1. The van der Waals surface area contributed by atoms with Gasteiger partial charge in [-0.05, 0) is 84.8 Å². The van der Waals surface area contributed by atoms with Gasteiger partial charge in [0.15, 0.2) is 0 Å². The number of amides is 1. The molecule has 136 valence electrons. The van der Waals surface area contributed by atoms with Crippen molar-refractivity contribution < 1.29 is 4.79 Å². The molecule has 0 aliphatic heterocycles. The first-order chi connectivity index (χ1) is 12.0. The molecule has 1 N–H and O–H groups in total. The van der Waals surface area contributed by atoms with Crippen molar-refractivity contribution in [2.75, 3.05) is 26.2 Å². The maximum Gasteiger partial charge on any atom is 0.251 e. The van der Waals surface area contributed by atoms with Gasteiger partial charge in [-0.2, -0.15) is 0 Å². The number of carbonyl (C=O) groups excluding carboxylic acids is 1. The van der Waals surface area contributed by atoms with Gasteiger partial charge >= 0.3 is 0 Å². The van der Waals surface area contributed by atoms with Crippen LogP contribution in [-0.4, -0.2) is 37.0 Å². The number of rotatable bonds is 6. The van der Waals surface area contributed by atoms with Gasteiger partial charge in [-0.1, -0.05) is 37.1 Å². The Bertz CT molecular complexity index is 693. The van der Waals surface area contributed by atoms with E-state index < -0.39 is 0 Å². The highest BCUT2D eigenvalue weighted by Gasteiger charge is 2.17. The quantitative estimate of drug-likeness (QED) is 0.614. The van der Waals surface area contributed by atoms with Crippen molar-refractivity contribution in [2.45, 2.75) is 33.6 Å². The summed E-state index contributed by atoms with van der Waals surface area (Å²) in [6, 6.07) is 6.33. The lowest BCUT2D eigenvalue weighted by molar-refractivity contribution is -0.117. The summed E-state index contributed by atoms with van der Waals surface area (Å²) in [5, 5.41) is 3.68. The Morgan fingerprint density at radius 2 is 2.00 bits per heavy atom. The van der Waals surface area contributed by atoms with Crippen LogP contribution >= 0.6 is 34.2 Å². The van der Waals surface area contributed by atoms with Gasteiger partial charge in [0, 0.05) is 27.3 Å². The molecule has 0 heterocycles. The fourth-order valence-corrected chi connectivity index (χ4v) is 3.77. The Kier molecular flexibility index (Phi) is 7.97. The van der Waals surface area contributed by atoms with E-state index in [4.69, 9.17) is 11.6 Å². The number of carbonyl (C=O) groups is 1. The lowest BCUT2D eigenvalue weighted by Crippen LogP contribution is -2.35. The van der Waals surface area contributed by atoms with Crippen LogP contribution in [0, 0.1) is 3.57 Å². The van der Waals surface area contributed by atoms with Crippen molar-refractivity contribution in [3.63, 3.8) is 0 Å². The third kappa shape index (κ3) is 5.56. The number of benzene rings is 1. The zero-order valence-corrected chi connectivity index (χ0v) is 18.1. The Morgan fingerprint density at radius 1 is 1.28 bits per heavy atom. The summed E-state index contributed by atoms with van der Waals surface area (Å²) in [4.78, 5) is 15.0. The maximum absolute atomic E-state index is 12.7. The zero-order chi connectivity index (χ0) is 18.4. The van der Waals surface area contributed by atoms with Gasteiger partial charge in [-0.3, -0.25) is 4.79 Å². The Morgan fingerprint density at radius 3 is 2.68 bits per heavy atom. The number of nitrogens with one attached hydrogen (secondary N) is 1. The van der Waals surface area contributed by atoms with E-state index in [1.165, 1.54) is 5.56 Å². The molecule has 5 heteroatoms. The molecule has 0 atom stereocenters. The van der Waals surface area contributed by atoms with Gasteiger partial charge in [-0.15, -0.1) is 0 Å². The van der Waals surface area contributed by atoms with Crippen LogP contribution in [0.5, 0.6) is 0 Å². The summed E-state index contributed by atoms with van der Waals surface area (Å²) < 4.78 is 1.15. The molecule has 25 heavy (non-hydrogen) atoms. The van der Waals surface area contributed by atoms with Gasteiger partial charge in [0.2, 0.25) is 0 Å². The van der Waals surface area contributed by atoms with Crippen LogP contribution in [0.2, 0.25) is 0 Å². The molecule has 0 fully saturated rings. The maximum atomic E-state index is 12.7. The SMILES string of the molecule is CCN(CC)CCNC(=O)C1=C(/C)CCc2ccc(I)cc2/C(Cl)=C\1. The van der Waals surface area contributed by atoms with E-state index in [1.807, 2.05) is 13.0 Å². The van der Waals surface area contributed by atoms with Crippen LogP contribution < -0.4 is 5.32 Å². The van der Waals surface area contributed by atoms with Crippen molar-refractivity contribution in [1.82, 2.24) is 10.2 Å². The van der Waals surface area contributed by atoms with Crippen LogP contribution in [-0.2, 0) is 11.2 Å². The zero-order valence-electron chi connectivity index (χ0n) is 15.2. The standard InChI is InChI=1S/C20H26ClIN2O/c1-4-24(5-2)11-10-23-20(25)17-13-19(21)18-12-16(22)9-8-15(18)7-6-14(17)3/h8-9,12-13H,4-7,10-11H2,1-3H3,(H,23,25)/b17-14-,19-13+. The van der Waals surface area contributed by atoms with Crippen molar-refractivity contribution >= 4 is 45.1 Å². The van der Waals surface area contributed by atoms with Gasteiger partial charge in [0.05, 0.1) is 0 Å². The molecule has 1 aromatic carbocycles. The van der Waals surface area contributed by atoms with Gasteiger partial charge < -0.3 is 10.2 Å². The van der Waals surface area contributed by atoms with Crippen LogP contribution in [0.15, 0.2) is 35.4 Å². The fraction of sp³-hybridized carbons (Fsp3) is 0.450. The first-order valence-electron chi connectivity index (χ1n) is 8.82. The van der Waals surface area contributed by atoms with Crippen LogP contribution in [0.25, 0.3) is 5.03 Å². The molecule has 3 nitrogen and oxygen atoms in total. The summed E-state index contributed by atoms with van der Waals surface area (Å²) >= 11 is 8.86. The summed E-state index contributed by atoms with van der Waals surface area (Å²) in [5.41, 5.74) is 4.06. The predicted molar refractivity (Wildman–Crippen MR) is 115 cm³/mol. The molecule has 0 spiro atoms. The van der Waals surface area contributed by atoms with Crippen molar-refractivity contribution in [1.29, 1.82) is 0 Å². The highest BCUT2D eigenvalue weighted by atomic mass is 127. The summed E-state index contributed by atoms with van der Waals surface area (Å²) in [6.07, 6.45) is 3.60. The number of allylic oxidation sites excluding steroid dienone is 1. The van der Waals surface area contributed by atoms with Crippen molar-refractivity contribution in [2.24, 2.45) is 0 Å². The summed E-state index contributed by atoms with van der Waals surface area (Å²) in [7, 11) is 0. The first kappa shape index (κ1) is 20.5. The number of hydrogen-bond donors (Lipinski definition) is 1. The van der Waals surface area contributed by atoms with Crippen LogP contribution in [0.1, 0.15) is 38.3 Å². The molecule has 0 radical (unpaired) electrons. The van der Waals surface area contributed by atoms with Gasteiger partial charge in [0.25, 0.3) is 5.91 Å². The average molecular weight is 473 g/mol. The van der Waals surface area contributed by atoms with Crippen molar-refractivity contribution in [3.8, 4) is 0 Å². The first-order valence-corrected chi connectivity index (χ1v) is 10.3. The van der Waals surface area contributed by atoms with E-state index in [0.29, 0.717) is 17.2 Å². The van der Waals surface area contributed by atoms with E-state index in [9.17, 15) is 4.79 Å². The molecule has 0 bridgehead atoms. The van der Waals surface area contributed by atoms with E-state index in [1.54, 1.807) is 0 Å². The van der Waals surface area contributed by atoms with E-state index in [-0.39, 0.29) is 5.91 Å². The highest BCUT2D eigenvalue weighted by Crippen LogP contribution is 2.31. The summed E-state index contributed by atoms with van der Waals surface area (Å²) in [5.74, 6) is -0.0307. The molecule has 0 unspecified atom stereocenters. The minimum atomic E-state index is -0.0307. The largest absolute Gasteiger partial charge is 0.351 e. The second-order valence-corrected chi connectivity index (χ2v) is 7.92. The molecule has 2 rings (SSSR count). The lowest BCUT2D eigenvalue weighted by atomic mass is 9.93. The minimum Gasteiger partial charge on any atom is -0.351 e. The summed E-state index contributed by atoms with van der Waals surface area (Å²) in [6.45, 7) is 9.80. The third-order valence-corrected chi connectivity index (χ3v) is 5.67. The number of aryl methyl sites for hydroxylation is 1. The second kappa shape index (κ2) is 9.74. The van der Waals surface area contributed by atoms with Crippen molar-refractivity contribution in [3.05, 3.63) is 50.1 Å². The smallest absolute Gasteiger partial charge is 0.251 e.